The number of aromatic nitrogens is 2. The van der Waals surface area contributed by atoms with Crippen LogP contribution in [-0.4, -0.2) is 36.3 Å². The lowest BCUT2D eigenvalue weighted by Gasteiger charge is -2.33. The van der Waals surface area contributed by atoms with Crippen LogP contribution in [0, 0.1) is 12.8 Å². The van der Waals surface area contributed by atoms with E-state index in [1.807, 2.05) is 32.0 Å². The standard InChI is InChI=1S/C20H25ClN4O2/c1-13-6-7-17(27-3)16(11-13)14(2)22-20(26)15-5-4-10-25(12-15)19-9-8-18(21)23-24-19/h6-9,11,14-15H,4-5,10,12H2,1-3H3,(H,22,26). The summed E-state index contributed by atoms with van der Waals surface area (Å²) in [5.74, 6) is 1.51. The molecule has 144 valence electrons. The highest BCUT2D eigenvalue weighted by Crippen LogP contribution is 2.27. The molecule has 1 fully saturated rings. The lowest BCUT2D eigenvalue weighted by atomic mass is 9.96. The van der Waals surface area contributed by atoms with Crippen LogP contribution in [0.1, 0.15) is 36.9 Å². The molecule has 3 rings (SSSR count). The van der Waals surface area contributed by atoms with E-state index in [1.54, 1.807) is 13.2 Å². The lowest BCUT2D eigenvalue weighted by molar-refractivity contribution is -0.125. The Morgan fingerprint density at radius 3 is 2.85 bits per heavy atom. The molecule has 1 aromatic heterocycles. The Morgan fingerprint density at radius 1 is 1.33 bits per heavy atom. The Labute approximate surface area is 164 Å². The number of carbonyl (C=O) groups excluding carboxylic acids is 1. The van der Waals surface area contributed by atoms with Crippen molar-refractivity contribution in [3.8, 4) is 5.75 Å². The molecule has 6 nitrogen and oxygen atoms in total. The van der Waals surface area contributed by atoms with Gasteiger partial charge in [-0.25, -0.2) is 0 Å². The lowest BCUT2D eigenvalue weighted by Crippen LogP contribution is -2.44. The average molecular weight is 389 g/mol. The highest BCUT2D eigenvalue weighted by atomic mass is 35.5. The molecule has 2 atom stereocenters. The highest BCUT2D eigenvalue weighted by Gasteiger charge is 2.28. The zero-order valence-electron chi connectivity index (χ0n) is 15.9. The van der Waals surface area contributed by atoms with Crippen molar-refractivity contribution in [1.82, 2.24) is 15.5 Å². The summed E-state index contributed by atoms with van der Waals surface area (Å²) in [6, 6.07) is 9.44. The molecule has 2 heterocycles. The number of halogens is 1. The maximum Gasteiger partial charge on any atom is 0.225 e. The van der Waals surface area contributed by atoms with Crippen LogP contribution in [-0.2, 0) is 4.79 Å². The molecule has 0 radical (unpaired) electrons. The second-order valence-corrected chi connectivity index (χ2v) is 7.36. The summed E-state index contributed by atoms with van der Waals surface area (Å²) in [6.45, 7) is 5.51. The van der Waals surface area contributed by atoms with Gasteiger partial charge in [-0.1, -0.05) is 29.3 Å². The summed E-state index contributed by atoms with van der Waals surface area (Å²) in [5.41, 5.74) is 2.12. The van der Waals surface area contributed by atoms with Crippen LogP contribution < -0.4 is 15.0 Å². The van der Waals surface area contributed by atoms with E-state index < -0.39 is 0 Å². The van der Waals surface area contributed by atoms with Crippen molar-refractivity contribution in [2.24, 2.45) is 5.92 Å². The smallest absolute Gasteiger partial charge is 0.225 e. The Balaban J connectivity index is 1.67. The molecular weight excluding hydrogens is 364 g/mol. The third-order valence-electron chi connectivity index (χ3n) is 4.94. The fraction of sp³-hybridized carbons (Fsp3) is 0.450. The molecular formula is C20H25ClN4O2. The minimum absolute atomic E-state index is 0.0534. The van der Waals surface area contributed by atoms with Gasteiger partial charge in [0.25, 0.3) is 0 Å². The second-order valence-electron chi connectivity index (χ2n) is 6.98. The zero-order valence-corrected chi connectivity index (χ0v) is 16.7. The van der Waals surface area contributed by atoms with Gasteiger partial charge >= 0.3 is 0 Å². The number of rotatable bonds is 5. The summed E-state index contributed by atoms with van der Waals surface area (Å²) < 4.78 is 5.45. The topological polar surface area (TPSA) is 67.3 Å². The summed E-state index contributed by atoms with van der Waals surface area (Å²) in [5, 5.41) is 11.5. The molecule has 7 heteroatoms. The molecule has 1 aliphatic rings. The Kier molecular flexibility index (Phi) is 6.16. The predicted molar refractivity (Wildman–Crippen MR) is 106 cm³/mol. The van der Waals surface area contributed by atoms with Gasteiger partial charge in [-0.2, -0.15) is 0 Å². The third kappa shape index (κ3) is 4.69. The number of benzene rings is 1. The van der Waals surface area contributed by atoms with Crippen molar-refractivity contribution in [3.63, 3.8) is 0 Å². The third-order valence-corrected chi connectivity index (χ3v) is 5.15. The van der Waals surface area contributed by atoms with E-state index in [1.165, 1.54) is 0 Å². The zero-order chi connectivity index (χ0) is 19.4. The molecule has 1 saturated heterocycles. The number of methoxy groups -OCH3 is 1. The number of nitrogens with zero attached hydrogens (tertiary/aromatic N) is 3. The van der Waals surface area contributed by atoms with Gasteiger partial charge in [0.1, 0.15) is 5.75 Å². The van der Waals surface area contributed by atoms with Gasteiger partial charge in [-0.05, 0) is 44.9 Å². The van der Waals surface area contributed by atoms with Gasteiger partial charge < -0.3 is 15.0 Å². The number of hydrogen-bond acceptors (Lipinski definition) is 5. The summed E-state index contributed by atoms with van der Waals surface area (Å²) >= 11 is 5.81. The van der Waals surface area contributed by atoms with Crippen LogP contribution in [0.3, 0.4) is 0 Å². The monoisotopic (exact) mass is 388 g/mol. The number of anilines is 1. The van der Waals surface area contributed by atoms with Crippen molar-refractivity contribution >= 4 is 23.3 Å². The number of ether oxygens (including phenoxy) is 1. The molecule has 0 aliphatic carbocycles. The average Bonchev–Trinajstić information content (AvgIpc) is 2.68. The number of amides is 1. The minimum Gasteiger partial charge on any atom is -0.496 e. The molecule has 0 saturated carbocycles. The number of hydrogen-bond donors (Lipinski definition) is 1. The van der Waals surface area contributed by atoms with Crippen molar-refractivity contribution in [1.29, 1.82) is 0 Å². The molecule has 0 spiro atoms. The Hall–Kier alpha value is -2.34. The number of piperidine rings is 1. The van der Waals surface area contributed by atoms with Crippen molar-refractivity contribution < 1.29 is 9.53 Å². The molecule has 0 bridgehead atoms. The van der Waals surface area contributed by atoms with Gasteiger partial charge in [0.2, 0.25) is 5.91 Å². The summed E-state index contributed by atoms with van der Waals surface area (Å²) in [7, 11) is 1.65. The summed E-state index contributed by atoms with van der Waals surface area (Å²) in [6.07, 6.45) is 1.80. The van der Waals surface area contributed by atoms with E-state index in [0.29, 0.717) is 11.7 Å². The van der Waals surface area contributed by atoms with Gasteiger partial charge in [0.15, 0.2) is 11.0 Å². The summed E-state index contributed by atoms with van der Waals surface area (Å²) in [4.78, 5) is 15.0. The number of nitrogens with one attached hydrogen (secondary N) is 1. The second kappa shape index (κ2) is 8.57. The highest BCUT2D eigenvalue weighted by molar-refractivity contribution is 6.29. The van der Waals surface area contributed by atoms with Gasteiger partial charge in [0.05, 0.1) is 19.1 Å². The predicted octanol–water partition coefficient (Wildman–Crippen LogP) is 3.54. The molecule has 1 aliphatic heterocycles. The van der Waals surface area contributed by atoms with Gasteiger partial charge in [0, 0.05) is 18.7 Å². The first kappa shape index (κ1) is 19.4. The molecule has 2 aromatic rings. The van der Waals surface area contributed by atoms with E-state index in [4.69, 9.17) is 16.3 Å². The van der Waals surface area contributed by atoms with Crippen LogP contribution in [0.5, 0.6) is 5.75 Å². The number of aryl methyl sites for hydroxylation is 1. The maximum absolute atomic E-state index is 12.9. The van der Waals surface area contributed by atoms with Crippen LogP contribution in [0.15, 0.2) is 30.3 Å². The maximum atomic E-state index is 12.9. The van der Waals surface area contributed by atoms with E-state index >= 15 is 0 Å². The SMILES string of the molecule is COc1ccc(C)cc1C(C)NC(=O)C1CCCN(c2ccc(Cl)nn2)C1. The minimum atomic E-state index is -0.127. The van der Waals surface area contributed by atoms with Crippen LogP contribution in [0.4, 0.5) is 5.82 Å². The van der Waals surface area contributed by atoms with Gasteiger partial charge in [-0.3, -0.25) is 4.79 Å². The Bertz CT molecular complexity index is 797. The van der Waals surface area contributed by atoms with Gasteiger partial charge in [-0.15, -0.1) is 10.2 Å². The fourth-order valence-electron chi connectivity index (χ4n) is 3.48. The van der Waals surface area contributed by atoms with Crippen LogP contribution in [0.2, 0.25) is 5.15 Å². The molecule has 1 aromatic carbocycles. The van der Waals surface area contributed by atoms with E-state index in [9.17, 15) is 4.79 Å². The fourth-order valence-corrected chi connectivity index (χ4v) is 3.58. The van der Waals surface area contributed by atoms with E-state index in [0.717, 1.165) is 42.1 Å². The number of carbonyl (C=O) groups is 1. The van der Waals surface area contributed by atoms with Crippen molar-refractivity contribution in [2.45, 2.75) is 32.7 Å². The first-order valence-electron chi connectivity index (χ1n) is 9.17. The largest absolute Gasteiger partial charge is 0.496 e. The molecule has 2 unspecified atom stereocenters. The normalized spacial score (nSPS) is 18.1. The molecule has 1 N–H and O–H groups in total. The molecule has 1 amide bonds. The van der Waals surface area contributed by atoms with Crippen LogP contribution in [0.25, 0.3) is 0 Å². The van der Waals surface area contributed by atoms with Crippen molar-refractivity contribution in [2.75, 3.05) is 25.1 Å². The van der Waals surface area contributed by atoms with E-state index in [2.05, 4.69) is 26.5 Å². The van der Waals surface area contributed by atoms with E-state index in [-0.39, 0.29) is 17.9 Å². The first-order chi connectivity index (χ1) is 13.0. The first-order valence-corrected chi connectivity index (χ1v) is 9.55. The quantitative estimate of drug-likeness (QED) is 0.848. The van der Waals surface area contributed by atoms with Crippen molar-refractivity contribution in [3.05, 3.63) is 46.6 Å². The van der Waals surface area contributed by atoms with Crippen LogP contribution >= 0.6 is 11.6 Å². The molecule has 27 heavy (non-hydrogen) atoms. The Morgan fingerprint density at radius 2 is 2.15 bits per heavy atom.